The summed E-state index contributed by atoms with van der Waals surface area (Å²) in [4.78, 5) is 14.8. The molecule has 5 nitrogen and oxygen atoms in total. The highest BCUT2D eigenvalue weighted by Crippen LogP contribution is 2.24. The van der Waals surface area contributed by atoms with Crippen molar-refractivity contribution in [1.82, 2.24) is 4.90 Å². The highest BCUT2D eigenvalue weighted by atomic mass is 16.5. The van der Waals surface area contributed by atoms with E-state index in [0.29, 0.717) is 19.0 Å². The minimum absolute atomic E-state index is 0.0542. The number of nitrogens with zero attached hydrogens (tertiary/aromatic N) is 1. The molecule has 2 N–H and O–H groups in total. The van der Waals surface area contributed by atoms with Crippen molar-refractivity contribution in [3.05, 3.63) is 59.7 Å². The van der Waals surface area contributed by atoms with E-state index in [9.17, 15) is 9.90 Å². The molecule has 0 spiro atoms. The SMILES string of the molecule is CC(C)c1ccccc1NC(=O)CN(Cc1ccccc1O)CC1CCCO1. The number of aromatic hydroxyl groups is 1. The molecule has 2 aromatic carbocycles. The predicted molar refractivity (Wildman–Crippen MR) is 112 cm³/mol. The summed E-state index contributed by atoms with van der Waals surface area (Å²) in [6.45, 7) is 6.45. The van der Waals surface area contributed by atoms with E-state index in [4.69, 9.17) is 4.74 Å². The van der Waals surface area contributed by atoms with E-state index < -0.39 is 0 Å². The Morgan fingerprint density at radius 1 is 1.21 bits per heavy atom. The number of rotatable bonds is 8. The Hall–Kier alpha value is -2.37. The van der Waals surface area contributed by atoms with Gasteiger partial charge in [-0.15, -0.1) is 0 Å². The van der Waals surface area contributed by atoms with Gasteiger partial charge in [0.2, 0.25) is 5.91 Å². The average molecular weight is 383 g/mol. The second-order valence-electron chi connectivity index (χ2n) is 7.72. The lowest BCUT2D eigenvalue weighted by atomic mass is 10.0. The minimum atomic E-state index is -0.0542. The molecule has 0 radical (unpaired) electrons. The zero-order valence-corrected chi connectivity index (χ0v) is 16.7. The average Bonchev–Trinajstić information content (AvgIpc) is 3.16. The number of benzene rings is 2. The van der Waals surface area contributed by atoms with Crippen LogP contribution in [0, 0.1) is 0 Å². The van der Waals surface area contributed by atoms with Crippen molar-refractivity contribution in [2.45, 2.75) is 45.3 Å². The maximum absolute atomic E-state index is 12.8. The first-order chi connectivity index (χ1) is 13.5. The summed E-state index contributed by atoms with van der Waals surface area (Å²) in [6.07, 6.45) is 2.21. The van der Waals surface area contributed by atoms with Crippen LogP contribution in [0.3, 0.4) is 0 Å². The molecule has 3 rings (SSSR count). The van der Waals surface area contributed by atoms with Crippen molar-refractivity contribution in [3.63, 3.8) is 0 Å². The van der Waals surface area contributed by atoms with Gasteiger partial charge in [-0.05, 0) is 36.5 Å². The summed E-state index contributed by atoms with van der Waals surface area (Å²) < 4.78 is 5.77. The lowest BCUT2D eigenvalue weighted by Gasteiger charge is -2.25. The monoisotopic (exact) mass is 382 g/mol. The smallest absolute Gasteiger partial charge is 0.238 e. The normalized spacial score (nSPS) is 16.6. The highest BCUT2D eigenvalue weighted by Gasteiger charge is 2.22. The minimum Gasteiger partial charge on any atom is -0.508 e. The van der Waals surface area contributed by atoms with Crippen LogP contribution in [0.5, 0.6) is 5.75 Å². The third-order valence-electron chi connectivity index (χ3n) is 5.10. The van der Waals surface area contributed by atoms with Crippen molar-refractivity contribution < 1.29 is 14.6 Å². The number of amides is 1. The molecule has 1 fully saturated rings. The van der Waals surface area contributed by atoms with Gasteiger partial charge in [-0.1, -0.05) is 50.2 Å². The number of carbonyl (C=O) groups excluding carboxylic acids is 1. The first-order valence-electron chi connectivity index (χ1n) is 10.0. The van der Waals surface area contributed by atoms with Crippen LogP contribution < -0.4 is 5.32 Å². The van der Waals surface area contributed by atoms with Gasteiger partial charge in [-0.3, -0.25) is 9.69 Å². The van der Waals surface area contributed by atoms with Crippen molar-refractivity contribution >= 4 is 11.6 Å². The van der Waals surface area contributed by atoms with Gasteiger partial charge in [-0.25, -0.2) is 0 Å². The fraction of sp³-hybridized carbons (Fsp3) is 0.435. The molecule has 1 heterocycles. The van der Waals surface area contributed by atoms with Crippen LogP contribution in [0.1, 0.15) is 43.7 Å². The molecule has 1 unspecified atom stereocenters. The number of hydrogen-bond donors (Lipinski definition) is 2. The van der Waals surface area contributed by atoms with Gasteiger partial charge < -0.3 is 15.2 Å². The molecule has 1 aliphatic rings. The van der Waals surface area contributed by atoms with Crippen molar-refractivity contribution in [3.8, 4) is 5.75 Å². The van der Waals surface area contributed by atoms with Gasteiger partial charge in [0, 0.05) is 30.9 Å². The topological polar surface area (TPSA) is 61.8 Å². The highest BCUT2D eigenvalue weighted by molar-refractivity contribution is 5.93. The van der Waals surface area contributed by atoms with Crippen molar-refractivity contribution in [2.75, 3.05) is 25.0 Å². The van der Waals surface area contributed by atoms with Crippen LogP contribution in [0.2, 0.25) is 0 Å². The molecule has 1 aliphatic heterocycles. The zero-order chi connectivity index (χ0) is 19.9. The van der Waals surface area contributed by atoms with Crippen LogP contribution in [0.4, 0.5) is 5.69 Å². The molecular formula is C23H30N2O3. The summed E-state index contributed by atoms with van der Waals surface area (Å²) in [5.41, 5.74) is 2.81. The summed E-state index contributed by atoms with van der Waals surface area (Å²) in [7, 11) is 0. The van der Waals surface area contributed by atoms with E-state index in [-0.39, 0.29) is 24.3 Å². The number of phenolic OH excluding ortho intramolecular Hbond substituents is 1. The Labute approximate surface area is 167 Å². The maximum Gasteiger partial charge on any atom is 0.238 e. The number of para-hydroxylation sites is 2. The third kappa shape index (κ3) is 5.57. The summed E-state index contributed by atoms with van der Waals surface area (Å²) in [6, 6.07) is 15.2. The lowest BCUT2D eigenvalue weighted by molar-refractivity contribution is -0.117. The predicted octanol–water partition coefficient (Wildman–Crippen LogP) is 4.14. The van der Waals surface area contributed by atoms with E-state index in [1.54, 1.807) is 12.1 Å². The van der Waals surface area contributed by atoms with Crippen LogP contribution >= 0.6 is 0 Å². The van der Waals surface area contributed by atoms with Gasteiger partial charge >= 0.3 is 0 Å². The summed E-state index contributed by atoms with van der Waals surface area (Å²) in [5.74, 6) is 0.535. The van der Waals surface area contributed by atoms with Gasteiger partial charge in [-0.2, -0.15) is 0 Å². The maximum atomic E-state index is 12.8. The molecule has 0 aromatic heterocycles. The van der Waals surface area contributed by atoms with Crippen molar-refractivity contribution in [1.29, 1.82) is 0 Å². The van der Waals surface area contributed by atoms with E-state index in [0.717, 1.165) is 36.3 Å². The Morgan fingerprint density at radius 2 is 1.96 bits per heavy atom. The standard InChI is InChI=1S/C23H30N2O3/c1-17(2)20-10-4-5-11-21(20)24-23(27)16-25(15-19-9-7-13-28-19)14-18-8-3-6-12-22(18)26/h3-6,8,10-12,17,19,26H,7,9,13-16H2,1-2H3,(H,24,27). The zero-order valence-electron chi connectivity index (χ0n) is 16.7. The van der Waals surface area contributed by atoms with E-state index in [2.05, 4.69) is 24.1 Å². The number of hydrogen-bond acceptors (Lipinski definition) is 4. The first-order valence-corrected chi connectivity index (χ1v) is 10.0. The fourth-order valence-electron chi connectivity index (χ4n) is 3.65. The van der Waals surface area contributed by atoms with Gasteiger partial charge in [0.05, 0.1) is 12.6 Å². The quantitative estimate of drug-likeness (QED) is 0.720. The lowest BCUT2D eigenvalue weighted by Crippen LogP contribution is -2.38. The third-order valence-corrected chi connectivity index (χ3v) is 5.10. The molecule has 28 heavy (non-hydrogen) atoms. The van der Waals surface area contributed by atoms with Crippen LogP contribution in [-0.2, 0) is 16.1 Å². The van der Waals surface area contributed by atoms with Crippen LogP contribution in [0.25, 0.3) is 0 Å². The Balaban J connectivity index is 1.69. The summed E-state index contributed by atoms with van der Waals surface area (Å²) >= 11 is 0. The molecule has 1 atom stereocenters. The van der Waals surface area contributed by atoms with Crippen LogP contribution in [0.15, 0.2) is 48.5 Å². The molecule has 0 aliphatic carbocycles. The van der Waals surface area contributed by atoms with Gasteiger partial charge in [0.15, 0.2) is 0 Å². The number of ether oxygens (including phenoxy) is 1. The second kappa shape index (κ2) is 9.71. The largest absolute Gasteiger partial charge is 0.508 e. The Morgan fingerprint density at radius 3 is 2.68 bits per heavy atom. The molecule has 0 bridgehead atoms. The molecule has 5 heteroatoms. The molecule has 1 amide bonds. The van der Waals surface area contributed by atoms with Gasteiger partial charge in [0.25, 0.3) is 0 Å². The Kier molecular flexibility index (Phi) is 7.06. The molecule has 1 saturated heterocycles. The van der Waals surface area contributed by atoms with Gasteiger partial charge in [0.1, 0.15) is 5.75 Å². The Bertz CT molecular complexity index is 785. The molecule has 2 aromatic rings. The second-order valence-corrected chi connectivity index (χ2v) is 7.72. The first kappa shape index (κ1) is 20.4. The van der Waals surface area contributed by atoms with E-state index in [1.807, 2.05) is 36.4 Å². The van der Waals surface area contributed by atoms with E-state index >= 15 is 0 Å². The number of carbonyl (C=O) groups is 1. The van der Waals surface area contributed by atoms with E-state index in [1.165, 1.54) is 0 Å². The molecule has 150 valence electrons. The number of nitrogens with one attached hydrogen (secondary N) is 1. The number of anilines is 1. The molecular weight excluding hydrogens is 352 g/mol. The molecule has 0 saturated carbocycles. The summed E-state index contributed by atoms with van der Waals surface area (Å²) in [5, 5.41) is 13.2. The number of phenols is 1. The van der Waals surface area contributed by atoms with Crippen molar-refractivity contribution in [2.24, 2.45) is 0 Å². The van der Waals surface area contributed by atoms with Crippen LogP contribution in [-0.4, -0.2) is 41.7 Å². The fourth-order valence-corrected chi connectivity index (χ4v) is 3.65.